The lowest BCUT2D eigenvalue weighted by atomic mass is 10.2. The number of rotatable bonds is 3. The molecule has 18 heavy (non-hydrogen) atoms. The summed E-state index contributed by atoms with van der Waals surface area (Å²) in [5, 5.41) is 5.64. The first-order valence-electron chi connectivity index (χ1n) is 5.25. The van der Waals surface area contributed by atoms with E-state index in [1.165, 1.54) is 0 Å². The predicted molar refractivity (Wildman–Crippen MR) is 73.7 cm³/mol. The molecule has 0 unspecified atom stereocenters. The zero-order chi connectivity index (χ0) is 13.0. The van der Waals surface area contributed by atoms with Crippen molar-refractivity contribution in [3.8, 4) is 0 Å². The van der Waals surface area contributed by atoms with E-state index in [0.29, 0.717) is 17.1 Å². The Labute approximate surface area is 113 Å². The summed E-state index contributed by atoms with van der Waals surface area (Å²) >= 11 is 3.29. The van der Waals surface area contributed by atoms with Gasteiger partial charge in [-0.3, -0.25) is 9.78 Å². The van der Waals surface area contributed by atoms with Crippen molar-refractivity contribution in [2.75, 3.05) is 17.7 Å². The molecule has 0 spiro atoms. The van der Waals surface area contributed by atoms with E-state index in [-0.39, 0.29) is 5.91 Å². The zero-order valence-corrected chi connectivity index (χ0v) is 11.2. The summed E-state index contributed by atoms with van der Waals surface area (Å²) < 4.78 is 0.861. The van der Waals surface area contributed by atoms with Gasteiger partial charge in [0.1, 0.15) is 5.82 Å². The van der Waals surface area contributed by atoms with Gasteiger partial charge < -0.3 is 10.6 Å². The molecular weight excluding hydrogens is 296 g/mol. The maximum Gasteiger partial charge on any atom is 0.259 e. The van der Waals surface area contributed by atoms with Crippen LogP contribution in [0.3, 0.4) is 0 Å². The molecule has 2 aromatic heterocycles. The summed E-state index contributed by atoms with van der Waals surface area (Å²) in [7, 11) is 1.74. The number of nitrogens with one attached hydrogen (secondary N) is 2. The molecule has 92 valence electrons. The molecule has 2 aromatic rings. The van der Waals surface area contributed by atoms with Gasteiger partial charge in [0.05, 0.1) is 17.4 Å². The predicted octanol–water partition coefficient (Wildman–Crippen LogP) is 2.53. The molecule has 0 saturated carbocycles. The lowest BCUT2D eigenvalue weighted by molar-refractivity contribution is 0.102. The van der Waals surface area contributed by atoms with Crippen LogP contribution < -0.4 is 10.6 Å². The Morgan fingerprint density at radius 3 is 2.78 bits per heavy atom. The van der Waals surface area contributed by atoms with E-state index in [2.05, 4.69) is 36.5 Å². The summed E-state index contributed by atoms with van der Waals surface area (Å²) in [4.78, 5) is 20.1. The van der Waals surface area contributed by atoms with Gasteiger partial charge in [0.15, 0.2) is 0 Å². The normalized spacial score (nSPS) is 9.89. The van der Waals surface area contributed by atoms with Gasteiger partial charge in [0.2, 0.25) is 0 Å². The monoisotopic (exact) mass is 306 g/mol. The number of pyridine rings is 2. The van der Waals surface area contributed by atoms with Crippen LogP contribution in [0.2, 0.25) is 0 Å². The zero-order valence-electron chi connectivity index (χ0n) is 9.64. The SMILES string of the molecule is CNc1cnccc1C(=O)Nc1ccc(Br)cn1. The molecule has 5 nitrogen and oxygen atoms in total. The lowest BCUT2D eigenvalue weighted by Crippen LogP contribution is -2.14. The van der Waals surface area contributed by atoms with Crippen LogP contribution in [0.1, 0.15) is 10.4 Å². The van der Waals surface area contributed by atoms with Gasteiger partial charge in [-0.1, -0.05) is 0 Å². The van der Waals surface area contributed by atoms with Crippen molar-refractivity contribution in [1.82, 2.24) is 9.97 Å². The fraction of sp³-hybridized carbons (Fsp3) is 0.0833. The van der Waals surface area contributed by atoms with Gasteiger partial charge in [-0.05, 0) is 34.1 Å². The topological polar surface area (TPSA) is 66.9 Å². The molecule has 6 heteroatoms. The molecule has 1 amide bonds. The van der Waals surface area contributed by atoms with E-state index >= 15 is 0 Å². The maximum absolute atomic E-state index is 12.0. The molecule has 0 fully saturated rings. The standard InChI is InChI=1S/C12H11BrN4O/c1-14-10-7-15-5-4-9(10)12(18)17-11-3-2-8(13)6-16-11/h2-7,14H,1H3,(H,16,17,18). The number of hydrogen-bond acceptors (Lipinski definition) is 4. The quantitative estimate of drug-likeness (QED) is 0.914. The second-order valence-corrected chi connectivity index (χ2v) is 4.40. The molecule has 2 rings (SSSR count). The Morgan fingerprint density at radius 2 is 2.11 bits per heavy atom. The van der Waals surface area contributed by atoms with Crippen LogP contribution in [0.25, 0.3) is 0 Å². The number of carbonyl (C=O) groups is 1. The van der Waals surface area contributed by atoms with Crippen molar-refractivity contribution in [2.45, 2.75) is 0 Å². The third-order valence-electron chi connectivity index (χ3n) is 2.30. The molecule has 0 aromatic carbocycles. The van der Waals surface area contributed by atoms with Gasteiger partial charge in [0, 0.05) is 23.9 Å². The molecule has 0 aliphatic carbocycles. The highest BCUT2D eigenvalue weighted by Gasteiger charge is 2.10. The lowest BCUT2D eigenvalue weighted by Gasteiger charge is -2.08. The first-order chi connectivity index (χ1) is 8.70. The Hall–Kier alpha value is -1.95. The average molecular weight is 307 g/mol. The fourth-order valence-electron chi connectivity index (χ4n) is 1.43. The van der Waals surface area contributed by atoms with Crippen molar-refractivity contribution in [2.24, 2.45) is 0 Å². The minimum absolute atomic E-state index is 0.225. The average Bonchev–Trinajstić information content (AvgIpc) is 2.41. The fourth-order valence-corrected chi connectivity index (χ4v) is 1.66. The van der Waals surface area contributed by atoms with E-state index in [0.717, 1.165) is 4.47 Å². The summed E-state index contributed by atoms with van der Waals surface area (Å²) in [6, 6.07) is 5.19. The number of halogens is 1. The molecule has 2 N–H and O–H groups in total. The summed E-state index contributed by atoms with van der Waals surface area (Å²) in [6.45, 7) is 0. The van der Waals surface area contributed by atoms with Crippen LogP contribution in [0.4, 0.5) is 11.5 Å². The first-order valence-corrected chi connectivity index (χ1v) is 6.04. The van der Waals surface area contributed by atoms with Crippen LogP contribution in [0, 0.1) is 0 Å². The van der Waals surface area contributed by atoms with Gasteiger partial charge >= 0.3 is 0 Å². The summed E-state index contributed by atoms with van der Waals surface area (Å²) in [5.41, 5.74) is 1.20. The minimum Gasteiger partial charge on any atom is -0.386 e. The van der Waals surface area contributed by atoms with Gasteiger partial charge in [-0.15, -0.1) is 0 Å². The van der Waals surface area contributed by atoms with Crippen LogP contribution in [0.5, 0.6) is 0 Å². The van der Waals surface area contributed by atoms with Gasteiger partial charge in [-0.2, -0.15) is 0 Å². The van der Waals surface area contributed by atoms with Crippen LogP contribution in [-0.4, -0.2) is 22.9 Å². The van der Waals surface area contributed by atoms with Crippen molar-refractivity contribution >= 4 is 33.3 Å². The Kier molecular flexibility index (Phi) is 3.88. The van der Waals surface area contributed by atoms with E-state index in [4.69, 9.17) is 0 Å². The number of amides is 1. The highest BCUT2D eigenvalue weighted by molar-refractivity contribution is 9.10. The van der Waals surface area contributed by atoms with Gasteiger partial charge in [0.25, 0.3) is 5.91 Å². The number of anilines is 2. The maximum atomic E-state index is 12.0. The molecule has 0 aliphatic rings. The second-order valence-electron chi connectivity index (χ2n) is 3.49. The summed E-state index contributed by atoms with van der Waals surface area (Å²) in [5.74, 6) is 0.277. The minimum atomic E-state index is -0.225. The molecule has 2 heterocycles. The van der Waals surface area contributed by atoms with Crippen LogP contribution in [0.15, 0.2) is 41.3 Å². The molecular formula is C12H11BrN4O. The Balaban J connectivity index is 2.19. The largest absolute Gasteiger partial charge is 0.386 e. The number of aromatic nitrogens is 2. The smallest absolute Gasteiger partial charge is 0.259 e. The van der Waals surface area contributed by atoms with E-state index in [1.54, 1.807) is 37.8 Å². The Morgan fingerprint density at radius 1 is 1.28 bits per heavy atom. The van der Waals surface area contributed by atoms with Crippen LogP contribution in [-0.2, 0) is 0 Å². The third-order valence-corrected chi connectivity index (χ3v) is 2.77. The molecule has 0 aliphatic heterocycles. The molecule has 0 atom stereocenters. The second kappa shape index (κ2) is 5.59. The summed E-state index contributed by atoms with van der Waals surface area (Å²) in [6.07, 6.45) is 4.80. The van der Waals surface area contributed by atoms with Crippen molar-refractivity contribution in [1.29, 1.82) is 0 Å². The van der Waals surface area contributed by atoms with Crippen molar-refractivity contribution in [3.05, 3.63) is 46.8 Å². The van der Waals surface area contributed by atoms with Crippen LogP contribution >= 0.6 is 15.9 Å². The first kappa shape index (κ1) is 12.5. The number of nitrogens with zero attached hydrogens (tertiary/aromatic N) is 2. The van der Waals surface area contributed by atoms with Crippen molar-refractivity contribution in [3.63, 3.8) is 0 Å². The number of carbonyl (C=O) groups excluding carboxylic acids is 1. The number of hydrogen-bond donors (Lipinski definition) is 2. The Bertz CT molecular complexity index is 556. The molecule has 0 bridgehead atoms. The van der Waals surface area contributed by atoms with Crippen molar-refractivity contribution < 1.29 is 4.79 Å². The highest BCUT2D eigenvalue weighted by Crippen LogP contribution is 2.15. The van der Waals surface area contributed by atoms with E-state index in [1.807, 2.05) is 6.07 Å². The van der Waals surface area contributed by atoms with Gasteiger partial charge in [-0.25, -0.2) is 4.98 Å². The highest BCUT2D eigenvalue weighted by atomic mass is 79.9. The third kappa shape index (κ3) is 2.84. The molecule has 0 radical (unpaired) electrons. The molecule has 0 saturated heterocycles. The van der Waals surface area contributed by atoms with E-state index < -0.39 is 0 Å². The van der Waals surface area contributed by atoms with E-state index in [9.17, 15) is 4.79 Å².